The average molecular weight is 351 g/mol. The molecule has 0 heterocycles. The maximum atomic E-state index is 6.29. The van der Waals surface area contributed by atoms with Gasteiger partial charge >= 0.3 is 0 Å². The fourth-order valence-corrected chi connectivity index (χ4v) is 3.15. The second-order valence-corrected chi connectivity index (χ2v) is 7.81. The highest BCUT2D eigenvalue weighted by Crippen LogP contribution is 2.42. The summed E-state index contributed by atoms with van der Waals surface area (Å²) in [5.74, 6) is 3.22. The highest BCUT2D eigenvalue weighted by Gasteiger charge is 2.16. The molecule has 0 bridgehead atoms. The smallest absolute Gasteiger partial charge is 0.135 e. The predicted octanol–water partition coefficient (Wildman–Crippen LogP) is 6.84. The van der Waals surface area contributed by atoms with E-state index >= 15 is 0 Å². The van der Waals surface area contributed by atoms with Crippen LogP contribution < -0.4 is 9.47 Å². The lowest BCUT2D eigenvalue weighted by Gasteiger charge is -2.18. The van der Waals surface area contributed by atoms with E-state index in [2.05, 4.69) is 76.2 Å². The van der Waals surface area contributed by atoms with Gasteiger partial charge in [-0.2, -0.15) is 0 Å². The number of hydrogen-bond acceptors (Lipinski definition) is 2. The quantitative estimate of drug-likeness (QED) is 0.414. The molecular weight excluding hydrogens is 320 g/mol. The number of ether oxygens (including phenoxy) is 2. The minimum absolute atomic E-state index is 0.631. The lowest BCUT2D eigenvalue weighted by atomic mass is 10.0. The van der Waals surface area contributed by atoms with Crippen molar-refractivity contribution in [2.24, 2.45) is 11.8 Å². The van der Waals surface area contributed by atoms with Crippen LogP contribution in [0.15, 0.2) is 48.5 Å². The summed E-state index contributed by atoms with van der Waals surface area (Å²) in [5, 5.41) is 4.54. The first-order valence-electron chi connectivity index (χ1n) is 9.77. The molecule has 0 atom stereocenters. The van der Waals surface area contributed by atoms with Crippen molar-refractivity contribution in [3.05, 3.63) is 48.5 Å². The summed E-state index contributed by atoms with van der Waals surface area (Å²) in [7, 11) is 0. The molecule has 0 unspecified atom stereocenters. The molecule has 2 nitrogen and oxygen atoms in total. The third kappa shape index (κ3) is 4.12. The fourth-order valence-electron chi connectivity index (χ4n) is 3.15. The largest absolute Gasteiger partial charge is 0.492 e. The monoisotopic (exact) mass is 350 g/mol. The van der Waals surface area contributed by atoms with E-state index in [0.29, 0.717) is 11.8 Å². The number of fused-ring (bicyclic) bond motifs is 2. The number of hydrogen-bond donors (Lipinski definition) is 0. The van der Waals surface area contributed by atoms with Crippen LogP contribution in [0.2, 0.25) is 0 Å². The molecule has 26 heavy (non-hydrogen) atoms. The van der Waals surface area contributed by atoms with Crippen molar-refractivity contribution < 1.29 is 9.47 Å². The molecule has 3 aromatic rings. The van der Waals surface area contributed by atoms with E-state index in [1.54, 1.807) is 0 Å². The molecule has 0 aliphatic carbocycles. The Hall–Kier alpha value is -2.22. The standard InChI is InChI=1S/C24H30O2/c1-17(2)13-15-25-23-19-9-5-7-11-21(19)24(26-16-14-18(3)4)22-12-8-6-10-20(22)23/h5-12,17-18H,13-16H2,1-4H3. The number of rotatable bonds is 8. The van der Waals surface area contributed by atoms with Crippen molar-refractivity contribution in [2.75, 3.05) is 13.2 Å². The van der Waals surface area contributed by atoms with Crippen molar-refractivity contribution in [1.29, 1.82) is 0 Å². The van der Waals surface area contributed by atoms with E-state index in [1.807, 2.05) is 0 Å². The minimum Gasteiger partial charge on any atom is -0.492 e. The molecule has 2 heteroatoms. The second-order valence-electron chi connectivity index (χ2n) is 7.81. The molecule has 3 aromatic carbocycles. The Bertz CT molecular complexity index is 736. The van der Waals surface area contributed by atoms with Crippen LogP contribution in [0.1, 0.15) is 40.5 Å². The van der Waals surface area contributed by atoms with Crippen LogP contribution >= 0.6 is 0 Å². The van der Waals surface area contributed by atoms with Crippen LogP contribution in [0, 0.1) is 11.8 Å². The summed E-state index contributed by atoms with van der Waals surface area (Å²) >= 11 is 0. The van der Waals surface area contributed by atoms with Crippen LogP contribution in [-0.2, 0) is 0 Å². The summed E-state index contributed by atoms with van der Waals surface area (Å²) < 4.78 is 12.6. The van der Waals surface area contributed by atoms with E-state index in [1.165, 1.54) is 0 Å². The molecule has 138 valence electrons. The normalized spacial score (nSPS) is 11.6. The van der Waals surface area contributed by atoms with Crippen LogP contribution in [0.25, 0.3) is 21.5 Å². The van der Waals surface area contributed by atoms with Crippen molar-refractivity contribution in [2.45, 2.75) is 40.5 Å². The Labute approximate surface area is 157 Å². The van der Waals surface area contributed by atoms with E-state index < -0.39 is 0 Å². The van der Waals surface area contributed by atoms with Crippen molar-refractivity contribution in [3.8, 4) is 11.5 Å². The van der Waals surface area contributed by atoms with E-state index in [9.17, 15) is 0 Å². The Morgan fingerprint density at radius 2 is 0.885 bits per heavy atom. The average Bonchev–Trinajstić information content (AvgIpc) is 2.62. The molecule has 0 fully saturated rings. The van der Waals surface area contributed by atoms with Gasteiger partial charge in [-0.25, -0.2) is 0 Å². The minimum atomic E-state index is 0.631. The predicted molar refractivity (Wildman–Crippen MR) is 111 cm³/mol. The molecule has 0 spiro atoms. The lowest BCUT2D eigenvalue weighted by Crippen LogP contribution is -2.05. The number of benzene rings is 3. The molecule has 0 N–H and O–H groups in total. The van der Waals surface area contributed by atoms with Crippen molar-refractivity contribution in [3.63, 3.8) is 0 Å². The SMILES string of the molecule is CC(C)CCOc1c2ccccc2c(OCCC(C)C)c2ccccc12. The molecule has 0 aliphatic heterocycles. The zero-order chi connectivity index (χ0) is 18.5. The van der Waals surface area contributed by atoms with Gasteiger partial charge in [0.2, 0.25) is 0 Å². The third-order valence-corrected chi connectivity index (χ3v) is 4.72. The summed E-state index contributed by atoms with van der Waals surface area (Å²) in [6.07, 6.45) is 2.10. The Balaban J connectivity index is 2.09. The van der Waals surface area contributed by atoms with Crippen LogP contribution in [-0.4, -0.2) is 13.2 Å². The molecule has 0 saturated carbocycles. The zero-order valence-corrected chi connectivity index (χ0v) is 16.4. The first-order chi connectivity index (χ1) is 12.6. The van der Waals surface area contributed by atoms with Gasteiger partial charge in [-0.15, -0.1) is 0 Å². The third-order valence-electron chi connectivity index (χ3n) is 4.72. The molecule has 0 saturated heterocycles. The molecule has 0 aliphatic rings. The van der Waals surface area contributed by atoms with E-state index in [4.69, 9.17) is 9.47 Å². The first-order valence-corrected chi connectivity index (χ1v) is 9.77. The Morgan fingerprint density at radius 1 is 0.577 bits per heavy atom. The van der Waals surface area contributed by atoms with Gasteiger partial charge in [-0.05, 0) is 24.7 Å². The van der Waals surface area contributed by atoms with E-state index in [0.717, 1.165) is 59.1 Å². The highest BCUT2D eigenvalue weighted by molar-refractivity contribution is 6.11. The first kappa shape index (κ1) is 18.6. The molecule has 3 rings (SSSR count). The Kier molecular flexibility index (Phi) is 6.03. The van der Waals surface area contributed by atoms with Gasteiger partial charge in [0.05, 0.1) is 13.2 Å². The van der Waals surface area contributed by atoms with Crippen LogP contribution in [0.4, 0.5) is 0 Å². The molecule has 0 amide bonds. The van der Waals surface area contributed by atoms with Gasteiger partial charge in [0.15, 0.2) is 0 Å². The van der Waals surface area contributed by atoms with Crippen LogP contribution in [0.3, 0.4) is 0 Å². The summed E-state index contributed by atoms with van der Waals surface area (Å²) in [6.45, 7) is 10.4. The second kappa shape index (κ2) is 8.44. The van der Waals surface area contributed by atoms with Gasteiger partial charge in [0.1, 0.15) is 11.5 Å². The van der Waals surface area contributed by atoms with Gasteiger partial charge in [0.25, 0.3) is 0 Å². The maximum Gasteiger partial charge on any atom is 0.135 e. The van der Waals surface area contributed by atoms with Gasteiger partial charge in [-0.1, -0.05) is 76.2 Å². The molecular formula is C24H30O2. The fraction of sp³-hybridized carbons (Fsp3) is 0.417. The summed E-state index contributed by atoms with van der Waals surface area (Å²) in [4.78, 5) is 0. The summed E-state index contributed by atoms with van der Waals surface area (Å²) in [5.41, 5.74) is 0. The van der Waals surface area contributed by atoms with Crippen LogP contribution in [0.5, 0.6) is 11.5 Å². The van der Waals surface area contributed by atoms with Crippen molar-refractivity contribution in [1.82, 2.24) is 0 Å². The zero-order valence-electron chi connectivity index (χ0n) is 16.4. The maximum absolute atomic E-state index is 6.29. The molecule has 0 aromatic heterocycles. The Morgan fingerprint density at radius 3 is 1.15 bits per heavy atom. The topological polar surface area (TPSA) is 18.5 Å². The van der Waals surface area contributed by atoms with Gasteiger partial charge in [-0.3, -0.25) is 0 Å². The molecule has 0 radical (unpaired) electrons. The lowest BCUT2D eigenvalue weighted by molar-refractivity contribution is 0.291. The van der Waals surface area contributed by atoms with Gasteiger partial charge in [0, 0.05) is 21.5 Å². The van der Waals surface area contributed by atoms with Crippen molar-refractivity contribution >= 4 is 21.5 Å². The van der Waals surface area contributed by atoms with Gasteiger partial charge < -0.3 is 9.47 Å². The van der Waals surface area contributed by atoms with E-state index in [-0.39, 0.29) is 0 Å². The summed E-state index contributed by atoms with van der Waals surface area (Å²) in [6, 6.07) is 16.9. The highest BCUT2D eigenvalue weighted by atomic mass is 16.5.